The van der Waals surface area contributed by atoms with Crippen molar-refractivity contribution in [3.8, 4) is 0 Å². The molecular weight excluding hydrogens is 443 g/mol. The highest BCUT2D eigenvalue weighted by molar-refractivity contribution is 14.0. The maximum atomic E-state index is 5.94. The number of fused-ring (bicyclic) bond motifs is 1. The SMILES string of the molecule is CCc1cccc(NC(N)=NCCNc2ncnc3c2cnn3C)c1.I. The molecule has 0 aliphatic rings. The molecule has 4 N–H and O–H groups in total. The standard InChI is InChI=1S/C17H22N8.HI/c1-3-12-5-4-6-13(9-12)24-17(18)20-8-7-19-15-14-10-23-25(2)16(14)22-11-21-15;/h4-6,9-11H,3,7-8H2,1-2H3,(H3,18,20,24)(H,19,21,22);1H. The van der Waals surface area contributed by atoms with Crippen molar-refractivity contribution in [1.29, 1.82) is 0 Å². The van der Waals surface area contributed by atoms with E-state index in [0.717, 1.165) is 29.0 Å². The Bertz CT molecular complexity index is 889. The van der Waals surface area contributed by atoms with Crippen molar-refractivity contribution in [3.05, 3.63) is 42.4 Å². The van der Waals surface area contributed by atoms with Gasteiger partial charge in [-0.1, -0.05) is 19.1 Å². The zero-order valence-electron chi connectivity index (χ0n) is 14.8. The summed E-state index contributed by atoms with van der Waals surface area (Å²) in [5.74, 6) is 1.14. The van der Waals surface area contributed by atoms with E-state index in [2.05, 4.69) is 49.7 Å². The van der Waals surface area contributed by atoms with Crippen molar-refractivity contribution < 1.29 is 0 Å². The van der Waals surface area contributed by atoms with Crippen molar-refractivity contribution in [2.45, 2.75) is 13.3 Å². The first-order valence-electron chi connectivity index (χ1n) is 8.20. The predicted octanol–water partition coefficient (Wildman–Crippen LogP) is 2.38. The van der Waals surface area contributed by atoms with Gasteiger partial charge >= 0.3 is 0 Å². The predicted molar refractivity (Wildman–Crippen MR) is 116 cm³/mol. The topological polar surface area (TPSA) is 106 Å². The van der Waals surface area contributed by atoms with Crippen LogP contribution in [-0.2, 0) is 13.5 Å². The first-order valence-corrected chi connectivity index (χ1v) is 8.20. The van der Waals surface area contributed by atoms with Gasteiger partial charge in [0.1, 0.15) is 12.1 Å². The van der Waals surface area contributed by atoms with Crippen molar-refractivity contribution in [1.82, 2.24) is 19.7 Å². The van der Waals surface area contributed by atoms with Gasteiger partial charge in [-0.25, -0.2) is 9.97 Å². The van der Waals surface area contributed by atoms with Gasteiger partial charge in [0.05, 0.1) is 18.1 Å². The van der Waals surface area contributed by atoms with Crippen LogP contribution in [-0.4, -0.2) is 38.8 Å². The highest BCUT2D eigenvalue weighted by Gasteiger charge is 2.06. The molecule has 0 unspecified atom stereocenters. The van der Waals surface area contributed by atoms with E-state index in [1.807, 2.05) is 19.2 Å². The molecule has 2 heterocycles. The number of nitrogens with one attached hydrogen (secondary N) is 2. The van der Waals surface area contributed by atoms with Crippen molar-refractivity contribution in [2.75, 3.05) is 23.7 Å². The number of aryl methyl sites for hydroxylation is 2. The number of nitrogens with zero attached hydrogens (tertiary/aromatic N) is 5. The molecule has 0 saturated heterocycles. The number of halogens is 1. The van der Waals surface area contributed by atoms with Crippen LogP contribution < -0.4 is 16.4 Å². The third-order valence-corrected chi connectivity index (χ3v) is 3.82. The third-order valence-electron chi connectivity index (χ3n) is 3.82. The summed E-state index contributed by atoms with van der Waals surface area (Å²) in [5, 5.41) is 11.4. The zero-order chi connectivity index (χ0) is 17.6. The molecule has 1 aromatic carbocycles. The van der Waals surface area contributed by atoms with Gasteiger partial charge in [0.15, 0.2) is 11.6 Å². The number of guanidine groups is 1. The minimum Gasteiger partial charge on any atom is -0.370 e. The van der Waals surface area contributed by atoms with E-state index >= 15 is 0 Å². The van der Waals surface area contributed by atoms with E-state index in [4.69, 9.17) is 5.73 Å². The van der Waals surface area contributed by atoms with E-state index < -0.39 is 0 Å². The Kier molecular flexibility index (Phi) is 7.13. The summed E-state index contributed by atoms with van der Waals surface area (Å²) < 4.78 is 1.71. The van der Waals surface area contributed by atoms with E-state index in [1.165, 1.54) is 11.9 Å². The fourth-order valence-corrected chi connectivity index (χ4v) is 2.51. The molecule has 0 atom stereocenters. The summed E-state index contributed by atoms with van der Waals surface area (Å²) in [6, 6.07) is 8.13. The van der Waals surface area contributed by atoms with Gasteiger partial charge in [-0.05, 0) is 24.1 Å². The Hall–Kier alpha value is -2.43. The number of benzene rings is 1. The second kappa shape index (κ2) is 9.32. The van der Waals surface area contributed by atoms with Crippen LogP contribution in [0.2, 0.25) is 0 Å². The molecule has 3 rings (SSSR count). The average Bonchev–Trinajstić information content (AvgIpc) is 3.01. The zero-order valence-corrected chi connectivity index (χ0v) is 17.1. The second-order valence-corrected chi connectivity index (χ2v) is 5.60. The number of hydrogen-bond acceptors (Lipinski definition) is 5. The normalized spacial score (nSPS) is 11.2. The largest absolute Gasteiger partial charge is 0.370 e. The fourth-order valence-electron chi connectivity index (χ4n) is 2.51. The first kappa shape index (κ1) is 19.9. The van der Waals surface area contributed by atoms with Gasteiger partial charge in [0, 0.05) is 19.3 Å². The van der Waals surface area contributed by atoms with E-state index in [-0.39, 0.29) is 24.0 Å². The summed E-state index contributed by atoms with van der Waals surface area (Å²) in [5.41, 5.74) is 8.93. The molecule has 0 aliphatic heterocycles. The average molecular weight is 466 g/mol. The van der Waals surface area contributed by atoms with Gasteiger partial charge in [0.25, 0.3) is 0 Å². The van der Waals surface area contributed by atoms with Gasteiger partial charge in [-0.2, -0.15) is 5.10 Å². The molecule has 0 amide bonds. The monoisotopic (exact) mass is 466 g/mol. The molecule has 0 saturated carbocycles. The summed E-state index contributed by atoms with van der Waals surface area (Å²) in [7, 11) is 1.85. The minimum absolute atomic E-state index is 0. The molecule has 0 radical (unpaired) electrons. The Morgan fingerprint density at radius 2 is 2.15 bits per heavy atom. The molecule has 0 spiro atoms. The lowest BCUT2D eigenvalue weighted by Crippen LogP contribution is -2.23. The first-order chi connectivity index (χ1) is 12.2. The van der Waals surface area contributed by atoms with Gasteiger partial charge in [0.2, 0.25) is 0 Å². The number of hydrogen-bond donors (Lipinski definition) is 3. The molecule has 0 fully saturated rings. The Balaban J connectivity index is 0.00000243. The van der Waals surface area contributed by atoms with Crippen LogP contribution in [0.4, 0.5) is 11.5 Å². The number of anilines is 2. The van der Waals surface area contributed by atoms with E-state index in [0.29, 0.717) is 19.0 Å². The van der Waals surface area contributed by atoms with Crippen LogP contribution in [0.1, 0.15) is 12.5 Å². The van der Waals surface area contributed by atoms with Crippen LogP contribution in [0.25, 0.3) is 11.0 Å². The number of nitrogens with two attached hydrogens (primary N) is 1. The van der Waals surface area contributed by atoms with E-state index in [1.54, 1.807) is 10.9 Å². The molecule has 26 heavy (non-hydrogen) atoms. The second-order valence-electron chi connectivity index (χ2n) is 5.60. The van der Waals surface area contributed by atoms with Crippen LogP contribution in [0, 0.1) is 0 Å². The van der Waals surface area contributed by atoms with Gasteiger partial charge < -0.3 is 16.4 Å². The van der Waals surface area contributed by atoms with Crippen molar-refractivity contribution in [2.24, 2.45) is 17.8 Å². The van der Waals surface area contributed by atoms with Crippen LogP contribution in [0.3, 0.4) is 0 Å². The maximum Gasteiger partial charge on any atom is 0.193 e. The van der Waals surface area contributed by atoms with Gasteiger partial charge in [-0.15, -0.1) is 24.0 Å². The highest BCUT2D eigenvalue weighted by Crippen LogP contribution is 2.17. The molecule has 138 valence electrons. The Morgan fingerprint density at radius 3 is 2.96 bits per heavy atom. The van der Waals surface area contributed by atoms with Crippen LogP contribution in [0.5, 0.6) is 0 Å². The fraction of sp³-hybridized carbons (Fsp3) is 0.294. The lowest BCUT2D eigenvalue weighted by atomic mass is 10.1. The molecular formula is C17H23IN8. The lowest BCUT2D eigenvalue weighted by molar-refractivity contribution is 0.785. The summed E-state index contributed by atoms with van der Waals surface area (Å²) in [6.45, 7) is 3.25. The third kappa shape index (κ3) is 4.81. The molecule has 0 aliphatic carbocycles. The molecule has 2 aromatic heterocycles. The van der Waals surface area contributed by atoms with Crippen molar-refractivity contribution >= 4 is 52.5 Å². The highest BCUT2D eigenvalue weighted by atomic mass is 127. The summed E-state index contributed by atoms with van der Waals surface area (Å²) >= 11 is 0. The van der Waals surface area contributed by atoms with Crippen molar-refractivity contribution in [3.63, 3.8) is 0 Å². The molecule has 3 aromatic rings. The Labute approximate surface area is 169 Å². The minimum atomic E-state index is 0. The van der Waals surface area contributed by atoms with Crippen LogP contribution >= 0.6 is 24.0 Å². The van der Waals surface area contributed by atoms with E-state index in [9.17, 15) is 0 Å². The maximum absolute atomic E-state index is 5.94. The summed E-state index contributed by atoms with van der Waals surface area (Å²) in [6.07, 6.45) is 4.25. The summed E-state index contributed by atoms with van der Waals surface area (Å²) in [4.78, 5) is 12.8. The number of aromatic nitrogens is 4. The quantitative estimate of drug-likeness (QED) is 0.223. The molecule has 9 heteroatoms. The number of rotatable bonds is 6. The number of aliphatic imine (C=N–C) groups is 1. The lowest BCUT2D eigenvalue weighted by Gasteiger charge is -2.08. The Morgan fingerprint density at radius 1 is 1.31 bits per heavy atom. The van der Waals surface area contributed by atoms with Gasteiger partial charge in [-0.3, -0.25) is 9.67 Å². The van der Waals surface area contributed by atoms with Crippen LogP contribution in [0.15, 0.2) is 41.8 Å². The smallest absolute Gasteiger partial charge is 0.193 e. The molecule has 0 bridgehead atoms. The molecule has 8 nitrogen and oxygen atoms in total.